The van der Waals surface area contributed by atoms with Gasteiger partial charge in [0.05, 0.1) is 17.7 Å². The molecule has 0 radical (unpaired) electrons. The van der Waals surface area contributed by atoms with Crippen LogP contribution < -0.4 is 5.32 Å². The van der Waals surface area contributed by atoms with Crippen molar-refractivity contribution >= 4 is 11.6 Å². The maximum Gasteiger partial charge on any atom is 0.147 e. The van der Waals surface area contributed by atoms with Gasteiger partial charge in [-0.15, -0.1) is 0 Å². The molecule has 88 valence electrons. The van der Waals surface area contributed by atoms with E-state index in [4.69, 9.17) is 16.3 Å². The molecule has 1 unspecified atom stereocenters. The van der Waals surface area contributed by atoms with Gasteiger partial charge < -0.3 is 10.1 Å². The van der Waals surface area contributed by atoms with E-state index in [-0.39, 0.29) is 16.9 Å². The normalized spacial score (nSPS) is 21.1. The summed E-state index contributed by atoms with van der Waals surface area (Å²) >= 11 is 5.86. The maximum absolute atomic E-state index is 14.0. The van der Waals surface area contributed by atoms with Crippen LogP contribution in [0.2, 0.25) is 5.02 Å². The molecule has 0 amide bonds. The van der Waals surface area contributed by atoms with Crippen molar-refractivity contribution in [1.29, 1.82) is 0 Å². The zero-order valence-corrected chi connectivity index (χ0v) is 10.2. The van der Waals surface area contributed by atoms with Crippen molar-refractivity contribution in [3.8, 4) is 0 Å². The number of aryl methyl sites for hydroxylation is 1. The number of hydrogen-bond acceptors (Lipinski definition) is 2. The summed E-state index contributed by atoms with van der Waals surface area (Å²) in [5, 5.41) is 3.37. The Morgan fingerprint density at radius 2 is 2.25 bits per heavy atom. The Morgan fingerprint density at radius 1 is 1.50 bits per heavy atom. The van der Waals surface area contributed by atoms with Gasteiger partial charge in [0.1, 0.15) is 5.82 Å². The Hall–Kier alpha value is -0.640. The van der Waals surface area contributed by atoms with Crippen LogP contribution in [0.5, 0.6) is 0 Å². The minimum atomic E-state index is -0.349. The summed E-state index contributed by atoms with van der Waals surface area (Å²) in [5.74, 6) is -0.349. The molecule has 4 heteroatoms. The van der Waals surface area contributed by atoms with Crippen molar-refractivity contribution in [1.82, 2.24) is 5.32 Å². The number of benzene rings is 1. The molecular formula is C12H15ClFNO. The summed E-state index contributed by atoms with van der Waals surface area (Å²) in [7, 11) is 0. The quantitative estimate of drug-likeness (QED) is 0.819. The predicted molar refractivity (Wildman–Crippen MR) is 62.4 cm³/mol. The molecule has 2 nitrogen and oxygen atoms in total. The molecule has 1 atom stereocenters. The van der Waals surface area contributed by atoms with E-state index < -0.39 is 0 Å². The van der Waals surface area contributed by atoms with Crippen LogP contribution in [-0.2, 0) is 4.74 Å². The lowest BCUT2D eigenvalue weighted by Crippen LogP contribution is -2.34. The average Bonchev–Trinajstić information content (AvgIpc) is 2.28. The van der Waals surface area contributed by atoms with Gasteiger partial charge in [-0.05, 0) is 31.0 Å². The van der Waals surface area contributed by atoms with Gasteiger partial charge in [-0.25, -0.2) is 4.39 Å². The van der Waals surface area contributed by atoms with Gasteiger partial charge in [0, 0.05) is 18.7 Å². The van der Waals surface area contributed by atoms with E-state index in [2.05, 4.69) is 5.32 Å². The largest absolute Gasteiger partial charge is 0.371 e. The van der Waals surface area contributed by atoms with E-state index in [0.717, 1.165) is 17.7 Å². The summed E-state index contributed by atoms with van der Waals surface area (Å²) in [5.41, 5.74) is 2.52. The Labute approximate surface area is 99.7 Å². The number of morpholine rings is 1. The minimum absolute atomic E-state index is 0.173. The zero-order valence-electron chi connectivity index (χ0n) is 9.44. The second-order valence-electron chi connectivity index (χ2n) is 4.09. The first kappa shape index (κ1) is 11.8. The van der Waals surface area contributed by atoms with E-state index >= 15 is 0 Å². The third-order valence-electron chi connectivity index (χ3n) is 3.03. The van der Waals surface area contributed by atoms with Crippen LogP contribution in [0.3, 0.4) is 0 Å². The van der Waals surface area contributed by atoms with Gasteiger partial charge in [0.15, 0.2) is 0 Å². The van der Waals surface area contributed by atoms with E-state index in [1.165, 1.54) is 0 Å². The number of nitrogens with one attached hydrogen (secondary N) is 1. The van der Waals surface area contributed by atoms with Gasteiger partial charge in [-0.1, -0.05) is 11.6 Å². The van der Waals surface area contributed by atoms with E-state index in [1.54, 1.807) is 6.07 Å². The monoisotopic (exact) mass is 243 g/mol. The van der Waals surface area contributed by atoms with Crippen molar-refractivity contribution in [3.05, 3.63) is 33.6 Å². The summed E-state index contributed by atoms with van der Waals surface area (Å²) in [6, 6.07) is 1.66. The molecule has 0 aromatic heterocycles. The molecule has 1 aromatic carbocycles. The lowest BCUT2D eigenvalue weighted by atomic mass is 9.97. The van der Waals surface area contributed by atoms with Crippen LogP contribution in [0, 0.1) is 19.7 Å². The highest BCUT2D eigenvalue weighted by atomic mass is 35.5. The van der Waals surface area contributed by atoms with Crippen molar-refractivity contribution < 1.29 is 9.13 Å². The molecule has 16 heavy (non-hydrogen) atoms. The maximum atomic E-state index is 14.0. The van der Waals surface area contributed by atoms with E-state index in [1.807, 2.05) is 13.8 Å². The summed E-state index contributed by atoms with van der Waals surface area (Å²) in [6.07, 6.45) is -0.230. The third kappa shape index (κ3) is 2.08. The van der Waals surface area contributed by atoms with E-state index in [0.29, 0.717) is 18.7 Å². The molecular weight excluding hydrogens is 229 g/mol. The van der Waals surface area contributed by atoms with Gasteiger partial charge in [0.25, 0.3) is 0 Å². The van der Waals surface area contributed by atoms with Gasteiger partial charge in [0.2, 0.25) is 0 Å². The first-order chi connectivity index (χ1) is 7.61. The molecule has 1 N–H and O–H groups in total. The van der Waals surface area contributed by atoms with E-state index in [9.17, 15) is 4.39 Å². The van der Waals surface area contributed by atoms with Gasteiger partial charge >= 0.3 is 0 Å². The molecule has 1 heterocycles. The fourth-order valence-corrected chi connectivity index (χ4v) is 2.27. The van der Waals surface area contributed by atoms with Crippen molar-refractivity contribution in [2.24, 2.45) is 0 Å². The molecule has 1 aliphatic heterocycles. The summed E-state index contributed by atoms with van der Waals surface area (Å²) < 4.78 is 19.6. The van der Waals surface area contributed by atoms with Crippen LogP contribution in [-0.4, -0.2) is 19.7 Å². The third-order valence-corrected chi connectivity index (χ3v) is 3.31. The lowest BCUT2D eigenvalue weighted by molar-refractivity contribution is 0.0251. The Balaban J connectivity index is 2.45. The highest BCUT2D eigenvalue weighted by molar-refractivity contribution is 6.30. The Kier molecular flexibility index (Phi) is 3.47. The molecule has 2 rings (SSSR count). The molecule has 1 saturated heterocycles. The van der Waals surface area contributed by atoms with Crippen LogP contribution in [0.15, 0.2) is 6.07 Å². The second-order valence-corrected chi connectivity index (χ2v) is 4.50. The average molecular weight is 244 g/mol. The lowest BCUT2D eigenvalue weighted by Gasteiger charge is -2.26. The Bertz CT molecular complexity index is 376. The fraction of sp³-hybridized carbons (Fsp3) is 0.500. The van der Waals surface area contributed by atoms with Crippen LogP contribution in [0.1, 0.15) is 22.8 Å². The second kappa shape index (κ2) is 4.70. The van der Waals surface area contributed by atoms with Crippen LogP contribution in [0.4, 0.5) is 4.39 Å². The number of ether oxygens (including phenoxy) is 1. The molecule has 0 spiro atoms. The first-order valence-electron chi connectivity index (χ1n) is 5.38. The number of halogens is 2. The summed E-state index contributed by atoms with van der Waals surface area (Å²) in [4.78, 5) is 0. The molecule has 0 saturated carbocycles. The van der Waals surface area contributed by atoms with Crippen molar-refractivity contribution in [2.75, 3.05) is 19.7 Å². The zero-order chi connectivity index (χ0) is 11.7. The highest BCUT2D eigenvalue weighted by Crippen LogP contribution is 2.31. The van der Waals surface area contributed by atoms with Crippen LogP contribution >= 0.6 is 11.6 Å². The molecule has 1 fully saturated rings. The number of rotatable bonds is 1. The molecule has 0 bridgehead atoms. The smallest absolute Gasteiger partial charge is 0.147 e. The van der Waals surface area contributed by atoms with Gasteiger partial charge in [-0.3, -0.25) is 0 Å². The summed E-state index contributed by atoms with van der Waals surface area (Å²) in [6.45, 7) is 5.89. The topological polar surface area (TPSA) is 21.3 Å². The van der Waals surface area contributed by atoms with Crippen molar-refractivity contribution in [2.45, 2.75) is 20.0 Å². The predicted octanol–water partition coefficient (Wildman–Crippen LogP) is 2.76. The molecule has 1 aromatic rings. The molecule has 0 aliphatic carbocycles. The SMILES string of the molecule is Cc1cc(Cl)c(F)c(C2CNCCO2)c1C. The number of hydrogen-bond donors (Lipinski definition) is 1. The van der Waals surface area contributed by atoms with Gasteiger partial charge in [-0.2, -0.15) is 0 Å². The van der Waals surface area contributed by atoms with Crippen molar-refractivity contribution in [3.63, 3.8) is 0 Å². The Morgan fingerprint density at radius 3 is 2.88 bits per heavy atom. The minimum Gasteiger partial charge on any atom is -0.371 e. The molecule has 1 aliphatic rings. The van der Waals surface area contributed by atoms with Crippen LogP contribution in [0.25, 0.3) is 0 Å². The first-order valence-corrected chi connectivity index (χ1v) is 5.76. The highest BCUT2D eigenvalue weighted by Gasteiger charge is 2.23. The standard InChI is InChI=1S/C12H15ClFNO/c1-7-5-9(13)12(14)11(8(7)2)10-6-15-3-4-16-10/h5,10,15H,3-4,6H2,1-2H3. The fourth-order valence-electron chi connectivity index (χ4n) is 2.00.